The van der Waals surface area contributed by atoms with Gasteiger partial charge in [-0.15, -0.1) is 0 Å². The molecule has 0 aliphatic heterocycles. The molecule has 0 aliphatic carbocycles. The van der Waals surface area contributed by atoms with Crippen molar-refractivity contribution in [3.8, 4) is 17.1 Å². The SMILES string of the molecule is COc1ccc(-c2ncc(N)cn2)c(C(F)(F)F)c1. The summed E-state index contributed by atoms with van der Waals surface area (Å²) in [5.74, 6) is 0.0794. The fourth-order valence-corrected chi connectivity index (χ4v) is 1.56. The van der Waals surface area contributed by atoms with Crippen molar-refractivity contribution in [3.63, 3.8) is 0 Å². The fourth-order valence-electron chi connectivity index (χ4n) is 1.56. The van der Waals surface area contributed by atoms with Crippen LogP contribution in [0.5, 0.6) is 5.75 Å². The van der Waals surface area contributed by atoms with Gasteiger partial charge in [0.2, 0.25) is 0 Å². The van der Waals surface area contributed by atoms with Crippen LogP contribution < -0.4 is 10.5 Å². The minimum absolute atomic E-state index is 0.0378. The van der Waals surface area contributed by atoms with E-state index in [1.807, 2.05) is 0 Å². The van der Waals surface area contributed by atoms with Crippen molar-refractivity contribution in [1.82, 2.24) is 9.97 Å². The molecule has 0 bridgehead atoms. The molecule has 0 fully saturated rings. The van der Waals surface area contributed by atoms with E-state index in [1.165, 1.54) is 31.6 Å². The average Bonchev–Trinajstić information content (AvgIpc) is 2.38. The van der Waals surface area contributed by atoms with E-state index in [2.05, 4.69) is 9.97 Å². The Kier molecular flexibility index (Phi) is 3.28. The maximum atomic E-state index is 13.0. The molecule has 0 amide bonds. The minimum atomic E-state index is -4.52. The molecule has 0 aliphatic rings. The van der Waals surface area contributed by atoms with Crippen LogP contribution in [0.4, 0.5) is 18.9 Å². The van der Waals surface area contributed by atoms with Crippen LogP contribution in [-0.4, -0.2) is 17.1 Å². The normalized spacial score (nSPS) is 11.4. The quantitative estimate of drug-likeness (QED) is 0.910. The maximum absolute atomic E-state index is 13.0. The zero-order chi connectivity index (χ0) is 14.0. The number of methoxy groups -OCH3 is 1. The Bertz CT molecular complexity index is 582. The standard InChI is InChI=1S/C12H10F3N3O/c1-19-8-2-3-9(10(4-8)12(13,14)15)11-17-5-7(16)6-18-11/h2-6H,16H2,1H3. The monoisotopic (exact) mass is 269 g/mol. The number of benzene rings is 1. The predicted molar refractivity (Wildman–Crippen MR) is 63.4 cm³/mol. The van der Waals surface area contributed by atoms with Crippen LogP contribution >= 0.6 is 0 Å². The lowest BCUT2D eigenvalue weighted by molar-refractivity contribution is -0.137. The lowest BCUT2D eigenvalue weighted by Crippen LogP contribution is -2.08. The van der Waals surface area contributed by atoms with E-state index in [9.17, 15) is 13.2 Å². The number of halogens is 3. The van der Waals surface area contributed by atoms with Crippen LogP contribution in [0.3, 0.4) is 0 Å². The minimum Gasteiger partial charge on any atom is -0.497 e. The number of hydrogen-bond donors (Lipinski definition) is 1. The van der Waals surface area contributed by atoms with E-state index < -0.39 is 11.7 Å². The van der Waals surface area contributed by atoms with Gasteiger partial charge in [0.15, 0.2) is 5.82 Å². The van der Waals surface area contributed by atoms with Gasteiger partial charge in [-0.2, -0.15) is 13.2 Å². The van der Waals surface area contributed by atoms with E-state index in [4.69, 9.17) is 10.5 Å². The second-order valence-electron chi connectivity index (χ2n) is 3.75. The first-order valence-electron chi connectivity index (χ1n) is 5.25. The number of aromatic nitrogens is 2. The third-order valence-electron chi connectivity index (χ3n) is 2.44. The van der Waals surface area contributed by atoms with Crippen LogP contribution in [-0.2, 0) is 6.18 Å². The number of nitrogens with zero attached hydrogens (tertiary/aromatic N) is 2. The van der Waals surface area contributed by atoms with Gasteiger partial charge >= 0.3 is 6.18 Å². The topological polar surface area (TPSA) is 61.0 Å². The lowest BCUT2D eigenvalue weighted by atomic mass is 10.1. The number of ether oxygens (including phenoxy) is 1. The van der Waals surface area contributed by atoms with Gasteiger partial charge in [0.1, 0.15) is 5.75 Å². The predicted octanol–water partition coefficient (Wildman–Crippen LogP) is 2.75. The highest BCUT2D eigenvalue weighted by molar-refractivity contribution is 5.63. The molecule has 0 spiro atoms. The van der Waals surface area contributed by atoms with Gasteiger partial charge in [0.25, 0.3) is 0 Å². The first-order chi connectivity index (χ1) is 8.91. The molecule has 0 unspecified atom stereocenters. The average molecular weight is 269 g/mol. The largest absolute Gasteiger partial charge is 0.497 e. The van der Waals surface area contributed by atoms with Crippen LogP contribution in [0.25, 0.3) is 11.4 Å². The molecule has 100 valence electrons. The van der Waals surface area contributed by atoms with Gasteiger partial charge in [0.05, 0.1) is 30.8 Å². The summed E-state index contributed by atoms with van der Waals surface area (Å²) in [5.41, 5.74) is 4.72. The van der Waals surface area contributed by atoms with Crippen LogP contribution in [0.15, 0.2) is 30.6 Å². The Morgan fingerprint density at radius 1 is 1.16 bits per heavy atom. The molecular weight excluding hydrogens is 259 g/mol. The van der Waals surface area contributed by atoms with Crippen LogP contribution in [0.2, 0.25) is 0 Å². The highest BCUT2D eigenvalue weighted by atomic mass is 19.4. The molecule has 4 nitrogen and oxygen atoms in total. The van der Waals surface area contributed by atoms with Crippen molar-refractivity contribution in [2.45, 2.75) is 6.18 Å². The summed E-state index contributed by atoms with van der Waals surface area (Å²) >= 11 is 0. The van der Waals surface area contributed by atoms with Gasteiger partial charge in [0, 0.05) is 5.56 Å². The zero-order valence-electron chi connectivity index (χ0n) is 9.90. The third-order valence-corrected chi connectivity index (χ3v) is 2.44. The Balaban J connectivity index is 2.59. The maximum Gasteiger partial charge on any atom is 0.417 e. The van der Waals surface area contributed by atoms with E-state index in [-0.39, 0.29) is 22.8 Å². The molecule has 7 heteroatoms. The molecule has 0 saturated heterocycles. The Hall–Kier alpha value is -2.31. The van der Waals surface area contributed by atoms with Crippen molar-refractivity contribution >= 4 is 5.69 Å². The molecule has 2 rings (SSSR count). The van der Waals surface area contributed by atoms with E-state index in [0.717, 1.165) is 6.07 Å². The van der Waals surface area contributed by atoms with Gasteiger partial charge < -0.3 is 10.5 Å². The zero-order valence-corrected chi connectivity index (χ0v) is 9.90. The smallest absolute Gasteiger partial charge is 0.417 e. The van der Waals surface area contributed by atoms with Crippen molar-refractivity contribution in [3.05, 3.63) is 36.2 Å². The number of rotatable bonds is 2. The van der Waals surface area contributed by atoms with Crippen molar-refractivity contribution < 1.29 is 17.9 Å². The lowest BCUT2D eigenvalue weighted by Gasteiger charge is -2.13. The highest BCUT2D eigenvalue weighted by Crippen LogP contribution is 2.37. The molecule has 0 radical (unpaired) electrons. The third kappa shape index (κ3) is 2.75. The molecule has 1 aromatic carbocycles. The fraction of sp³-hybridized carbons (Fsp3) is 0.167. The molecule has 1 heterocycles. The molecule has 0 saturated carbocycles. The van der Waals surface area contributed by atoms with Gasteiger partial charge in [-0.3, -0.25) is 0 Å². The summed E-state index contributed by atoms with van der Waals surface area (Å²) < 4.78 is 43.8. The van der Waals surface area contributed by atoms with Crippen molar-refractivity contribution in [2.24, 2.45) is 0 Å². The highest BCUT2D eigenvalue weighted by Gasteiger charge is 2.34. The summed E-state index contributed by atoms with van der Waals surface area (Å²) in [6, 6.07) is 3.60. The molecular formula is C12H10F3N3O. The number of hydrogen-bond acceptors (Lipinski definition) is 4. The first-order valence-corrected chi connectivity index (χ1v) is 5.25. The van der Waals surface area contributed by atoms with Gasteiger partial charge in [-0.25, -0.2) is 9.97 Å². The molecule has 0 atom stereocenters. The van der Waals surface area contributed by atoms with E-state index >= 15 is 0 Å². The summed E-state index contributed by atoms with van der Waals surface area (Å²) in [6.45, 7) is 0. The van der Waals surface area contributed by atoms with Crippen LogP contribution in [0, 0.1) is 0 Å². The molecule has 2 N–H and O–H groups in total. The van der Waals surface area contributed by atoms with Gasteiger partial charge in [-0.05, 0) is 18.2 Å². The van der Waals surface area contributed by atoms with Crippen molar-refractivity contribution in [2.75, 3.05) is 12.8 Å². The van der Waals surface area contributed by atoms with Crippen LogP contribution in [0.1, 0.15) is 5.56 Å². The summed E-state index contributed by atoms with van der Waals surface area (Å²) in [5, 5.41) is 0. The summed E-state index contributed by atoms with van der Waals surface area (Å²) in [6.07, 6.45) is -2.01. The van der Waals surface area contributed by atoms with E-state index in [0.29, 0.717) is 0 Å². The van der Waals surface area contributed by atoms with E-state index in [1.54, 1.807) is 0 Å². The van der Waals surface area contributed by atoms with Gasteiger partial charge in [-0.1, -0.05) is 0 Å². The summed E-state index contributed by atoms with van der Waals surface area (Å²) in [4.78, 5) is 7.60. The number of nitrogens with two attached hydrogens (primary N) is 1. The molecule has 2 aromatic rings. The molecule has 1 aromatic heterocycles. The Labute approximate surface area is 107 Å². The number of anilines is 1. The number of nitrogen functional groups attached to an aromatic ring is 1. The first kappa shape index (κ1) is 13.1. The Morgan fingerprint density at radius 3 is 2.32 bits per heavy atom. The van der Waals surface area contributed by atoms with Crippen molar-refractivity contribution in [1.29, 1.82) is 0 Å². The second-order valence-corrected chi connectivity index (χ2v) is 3.75. The number of alkyl halides is 3. The Morgan fingerprint density at radius 2 is 1.79 bits per heavy atom. The second kappa shape index (κ2) is 4.75. The summed E-state index contributed by atoms with van der Waals surface area (Å²) in [7, 11) is 1.30. The molecule has 19 heavy (non-hydrogen) atoms.